The lowest BCUT2D eigenvalue weighted by Gasteiger charge is -2.08. The topological polar surface area (TPSA) is 73.3 Å². The van der Waals surface area contributed by atoms with E-state index in [1.165, 1.54) is 6.33 Å². The summed E-state index contributed by atoms with van der Waals surface area (Å²) in [5.41, 5.74) is 1.63. The number of aryl methyl sites for hydroxylation is 1. The summed E-state index contributed by atoms with van der Waals surface area (Å²) in [6.45, 7) is 4.73. The first-order valence-electron chi connectivity index (χ1n) is 7.07. The van der Waals surface area contributed by atoms with Crippen LogP contribution in [0.5, 0.6) is 11.5 Å². The molecule has 6 nitrogen and oxygen atoms in total. The minimum atomic E-state index is -0.204. The van der Waals surface area contributed by atoms with Gasteiger partial charge < -0.3 is 14.8 Å². The summed E-state index contributed by atoms with van der Waals surface area (Å²) in [6.07, 6.45) is 1.48. The van der Waals surface area contributed by atoms with Crippen molar-refractivity contribution in [3.8, 4) is 11.5 Å². The van der Waals surface area contributed by atoms with Crippen molar-refractivity contribution in [2.75, 3.05) is 13.2 Å². The molecule has 0 radical (unpaired) electrons. The molecule has 0 unspecified atom stereocenters. The summed E-state index contributed by atoms with van der Waals surface area (Å²) in [5.74, 6) is 1.19. The smallest absolute Gasteiger partial charge is 0.258 e. The first kappa shape index (κ1) is 15.8. The zero-order valence-corrected chi connectivity index (χ0v) is 12.7. The average Bonchev–Trinajstić information content (AvgIpc) is 2.53. The van der Waals surface area contributed by atoms with Gasteiger partial charge >= 0.3 is 0 Å². The molecule has 1 aromatic carbocycles. The van der Waals surface area contributed by atoms with E-state index < -0.39 is 0 Å². The first-order chi connectivity index (χ1) is 10.7. The average molecular weight is 301 g/mol. The third kappa shape index (κ3) is 5.05. The van der Waals surface area contributed by atoms with Crippen LogP contribution in [0.15, 0.2) is 36.7 Å². The van der Waals surface area contributed by atoms with Crippen LogP contribution in [0.25, 0.3) is 0 Å². The largest absolute Gasteiger partial charge is 0.494 e. The van der Waals surface area contributed by atoms with Crippen LogP contribution in [-0.2, 0) is 11.3 Å². The predicted octanol–water partition coefficient (Wildman–Crippen LogP) is 1.88. The molecule has 22 heavy (non-hydrogen) atoms. The van der Waals surface area contributed by atoms with Crippen LogP contribution in [0.4, 0.5) is 0 Å². The molecular formula is C16H19N3O3. The van der Waals surface area contributed by atoms with Crippen LogP contribution < -0.4 is 14.8 Å². The monoisotopic (exact) mass is 301 g/mol. The number of hydrogen-bond acceptors (Lipinski definition) is 5. The van der Waals surface area contributed by atoms with E-state index in [4.69, 9.17) is 9.47 Å². The number of aromatic nitrogens is 2. The van der Waals surface area contributed by atoms with Gasteiger partial charge in [-0.1, -0.05) is 0 Å². The molecule has 1 amide bonds. The molecule has 0 fully saturated rings. The summed E-state index contributed by atoms with van der Waals surface area (Å²) in [4.78, 5) is 19.8. The maximum absolute atomic E-state index is 11.7. The van der Waals surface area contributed by atoms with Gasteiger partial charge in [-0.25, -0.2) is 9.97 Å². The summed E-state index contributed by atoms with van der Waals surface area (Å²) in [7, 11) is 0. The van der Waals surface area contributed by atoms with E-state index in [1.54, 1.807) is 24.3 Å². The van der Waals surface area contributed by atoms with Gasteiger partial charge in [0.1, 0.15) is 17.8 Å². The van der Waals surface area contributed by atoms with Gasteiger partial charge in [0.05, 0.1) is 18.8 Å². The fraction of sp³-hybridized carbons (Fsp3) is 0.312. The van der Waals surface area contributed by atoms with Crippen molar-refractivity contribution < 1.29 is 14.3 Å². The number of amides is 1. The van der Waals surface area contributed by atoms with Gasteiger partial charge in [0.15, 0.2) is 6.61 Å². The van der Waals surface area contributed by atoms with Gasteiger partial charge in [-0.05, 0) is 44.2 Å². The van der Waals surface area contributed by atoms with Gasteiger partial charge in [0, 0.05) is 5.69 Å². The molecule has 0 spiro atoms. The number of ether oxygens (including phenoxy) is 2. The molecule has 0 atom stereocenters. The molecule has 0 aliphatic rings. The Balaban J connectivity index is 1.75. The number of hydrogen-bond donors (Lipinski definition) is 1. The number of nitrogens with zero attached hydrogens (tertiary/aromatic N) is 2. The minimum Gasteiger partial charge on any atom is -0.494 e. The van der Waals surface area contributed by atoms with E-state index in [1.807, 2.05) is 19.9 Å². The Morgan fingerprint density at radius 1 is 1.14 bits per heavy atom. The molecule has 0 aliphatic carbocycles. The van der Waals surface area contributed by atoms with E-state index in [9.17, 15) is 4.79 Å². The molecule has 1 heterocycles. The van der Waals surface area contributed by atoms with E-state index in [2.05, 4.69) is 15.3 Å². The molecule has 0 saturated heterocycles. The van der Waals surface area contributed by atoms with E-state index in [0.717, 1.165) is 17.1 Å². The summed E-state index contributed by atoms with van der Waals surface area (Å²) in [5, 5.41) is 2.75. The second-order valence-corrected chi connectivity index (χ2v) is 4.62. The predicted molar refractivity (Wildman–Crippen MR) is 81.7 cm³/mol. The van der Waals surface area contributed by atoms with E-state index in [0.29, 0.717) is 18.9 Å². The van der Waals surface area contributed by atoms with Crippen molar-refractivity contribution in [1.29, 1.82) is 0 Å². The highest BCUT2D eigenvalue weighted by Crippen LogP contribution is 2.17. The number of benzene rings is 1. The highest BCUT2D eigenvalue weighted by Gasteiger charge is 2.04. The second-order valence-electron chi connectivity index (χ2n) is 4.62. The number of rotatable bonds is 7. The Morgan fingerprint density at radius 3 is 2.45 bits per heavy atom. The molecule has 0 bridgehead atoms. The lowest BCUT2D eigenvalue weighted by molar-refractivity contribution is -0.123. The fourth-order valence-corrected chi connectivity index (χ4v) is 1.79. The van der Waals surface area contributed by atoms with Gasteiger partial charge in [0.2, 0.25) is 0 Å². The Labute approximate surface area is 129 Å². The lowest BCUT2D eigenvalue weighted by Crippen LogP contribution is -2.28. The number of carbonyl (C=O) groups excluding carboxylic acids is 1. The maximum Gasteiger partial charge on any atom is 0.258 e. The number of nitrogens with one attached hydrogen (secondary N) is 1. The molecule has 2 aromatic rings. The summed E-state index contributed by atoms with van der Waals surface area (Å²) < 4.78 is 10.7. The molecule has 1 aromatic heterocycles. The van der Waals surface area contributed by atoms with Gasteiger partial charge in [-0.3, -0.25) is 4.79 Å². The van der Waals surface area contributed by atoms with E-state index >= 15 is 0 Å². The molecule has 0 aliphatic heterocycles. The molecule has 1 N–H and O–H groups in total. The van der Waals surface area contributed by atoms with Crippen molar-refractivity contribution in [3.05, 3.63) is 48.0 Å². The van der Waals surface area contributed by atoms with Gasteiger partial charge in [0.25, 0.3) is 5.91 Å². The molecule has 0 saturated carbocycles. The van der Waals surface area contributed by atoms with Gasteiger partial charge in [-0.15, -0.1) is 0 Å². The van der Waals surface area contributed by atoms with Crippen molar-refractivity contribution in [1.82, 2.24) is 15.3 Å². The van der Waals surface area contributed by atoms with Crippen LogP contribution in [-0.4, -0.2) is 29.1 Å². The molecule has 2 rings (SSSR count). The van der Waals surface area contributed by atoms with Crippen molar-refractivity contribution in [2.45, 2.75) is 20.4 Å². The van der Waals surface area contributed by atoms with Crippen molar-refractivity contribution in [3.63, 3.8) is 0 Å². The third-order valence-electron chi connectivity index (χ3n) is 2.83. The zero-order chi connectivity index (χ0) is 15.8. The molecular weight excluding hydrogens is 282 g/mol. The van der Waals surface area contributed by atoms with Crippen LogP contribution in [0.1, 0.15) is 18.3 Å². The van der Waals surface area contributed by atoms with Crippen LogP contribution in [0.2, 0.25) is 0 Å². The maximum atomic E-state index is 11.7. The fourth-order valence-electron chi connectivity index (χ4n) is 1.79. The Bertz CT molecular complexity index is 614. The second kappa shape index (κ2) is 7.97. The summed E-state index contributed by atoms with van der Waals surface area (Å²) >= 11 is 0. The highest BCUT2D eigenvalue weighted by atomic mass is 16.5. The lowest BCUT2D eigenvalue weighted by atomic mass is 10.3. The minimum absolute atomic E-state index is 0.0436. The zero-order valence-electron chi connectivity index (χ0n) is 12.7. The summed E-state index contributed by atoms with van der Waals surface area (Å²) in [6, 6.07) is 8.98. The number of carbonyl (C=O) groups is 1. The normalized spacial score (nSPS) is 10.1. The van der Waals surface area contributed by atoms with Gasteiger partial charge in [-0.2, -0.15) is 0 Å². The standard InChI is InChI=1S/C16H19N3O3/c1-3-21-14-4-6-15(7-5-14)22-10-16(20)17-9-13-8-12(2)18-11-19-13/h4-8,11H,3,9-10H2,1-2H3,(H,17,20). The van der Waals surface area contributed by atoms with Crippen LogP contribution in [0, 0.1) is 6.92 Å². The highest BCUT2D eigenvalue weighted by molar-refractivity contribution is 5.77. The first-order valence-corrected chi connectivity index (χ1v) is 7.07. The quantitative estimate of drug-likeness (QED) is 0.845. The molecule has 116 valence electrons. The molecule has 6 heteroatoms. The Kier molecular flexibility index (Phi) is 5.71. The Morgan fingerprint density at radius 2 is 1.82 bits per heavy atom. The van der Waals surface area contributed by atoms with Crippen LogP contribution in [0.3, 0.4) is 0 Å². The van der Waals surface area contributed by atoms with Crippen LogP contribution >= 0.6 is 0 Å². The third-order valence-corrected chi connectivity index (χ3v) is 2.83. The van der Waals surface area contributed by atoms with Crippen molar-refractivity contribution in [2.24, 2.45) is 0 Å². The van der Waals surface area contributed by atoms with E-state index in [-0.39, 0.29) is 12.5 Å². The SMILES string of the molecule is CCOc1ccc(OCC(=O)NCc2cc(C)ncn2)cc1. The Hall–Kier alpha value is -2.63. The van der Waals surface area contributed by atoms with Crippen molar-refractivity contribution >= 4 is 5.91 Å².